The fourth-order valence-corrected chi connectivity index (χ4v) is 1.63. The van der Waals surface area contributed by atoms with E-state index in [1.54, 1.807) is 43.4 Å². The number of hydrogen-bond acceptors (Lipinski definition) is 4. The average molecular weight is 232 g/mol. The van der Waals surface area contributed by atoms with Gasteiger partial charge in [0.1, 0.15) is 5.69 Å². The first-order chi connectivity index (χ1) is 8.09. The second-order valence-corrected chi connectivity index (χ2v) is 3.83. The van der Waals surface area contributed by atoms with Gasteiger partial charge in [0.15, 0.2) is 0 Å². The molecule has 0 aliphatic rings. The van der Waals surface area contributed by atoms with Crippen molar-refractivity contribution in [1.82, 2.24) is 10.2 Å². The van der Waals surface area contributed by atoms with E-state index in [2.05, 4.69) is 10.2 Å². The summed E-state index contributed by atoms with van der Waals surface area (Å²) in [6.07, 6.45) is 1.61. The minimum absolute atomic E-state index is 0.0853. The summed E-state index contributed by atoms with van der Waals surface area (Å²) in [4.78, 5) is 12.3. The molecule has 0 aliphatic heterocycles. The summed E-state index contributed by atoms with van der Waals surface area (Å²) in [5, 5.41) is 17.6. The zero-order valence-corrected chi connectivity index (χ0v) is 9.54. The van der Waals surface area contributed by atoms with Gasteiger partial charge in [0, 0.05) is 31.9 Å². The predicted octanol–water partition coefficient (Wildman–Crippen LogP) is 2.05. The van der Waals surface area contributed by atoms with Gasteiger partial charge in [-0.3, -0.25) is 15.2 Å². The molecule has 17 heavy (non-hydrogen) atoms. The normalized spacial score (nSPS) is 10.2. The van der Waals surface area contributed by atoms with E-state index < -0.39 is 0 Å². The summed E-state index contributed by atoms with van der Waals surface area (Å²) in [7, 11) is 3.55. The Morgan fingerprint density at radius 3 is 2.65 bits per heavy atom. The van der Waals surface area contributed by atoms with E-state index in [0.29, 0.717) is 5.69 Å². The van der Waals surface area contributed by atoms with Crippen LogP contribution in [0.3, 0.4) is 0 Å². The molecular formula is C11H12N4O2. The number of anilines is 1. The van der Waals surface area contributed by atoms with Crippen LogP contribution in [0, 0.1) is 10.1 Å². The average Bonchev–Trinajstić information content (AvgIpc) is 2.81. The van der Waals surface area contributed by atoms with Crippen LogP contribution in [0.4, 0.5) is 11.4 Å². The molecule has 0 saturated carbocycles. The van der Waals surface area contributed by atoms with Gasteiger partial charge in [-0.2, -0.15) is 5.10 Å². The third-order valence-electron chi connectivity index (χ3n) is 2.47. The highest BCUT2D eigenvalue weighted by atomic mass is 16.6. The van der Waals surface area contributed by atoms with Gasteiger partial charge in [0.2, 0.25) is 0 Å². The van der Waals surface area contributed by atoms with Crippen LogP contribution < -0.4 is 4.90 Å². The number of nitro groups is 1. The lowest BCUT2D eigenvalue weighted by Crippen LogP contribution is -2.10. The number of nitrogens with zero attached hydrogens (tertiary/aromatic N) is 3. The second kappa shape index (κ2) is 4.25. The quantitative estimate of drug-likeness (QED) is 0.649. The van der Waals surface area contributed by atoms with Crippen LogP contribution >= 0.6 is 0 Å². The smallest absolute Gasteiger partial charge is 0.293 e. The van der Waals surface area contributed by atoms with Crippen LogP contribution in [0.15, 0.2) is 30.5 Å². The standard InChI is InChI=1S/C11H12N4O2/c1-14(2)10-4-3-8(7-11(10)15(16)17)9-5-6-12-13-9/h3-7H,1-2H3,(H,12,13). The molecule has 2 rings (SSSR count). The van der Waals surface area contributed by atoms with Crippen LogP contribution in [-0.2, 0) is 0 Å². The largest absolute Gasteiger partial charge is 0.372 e. The van der Waals surface area contributed by atoms with E-state index in [-0.39, 0.29) is 10.6 Å². The molecule has 0 unspecified atom stereocenters. The van der Waals surface area contributed by atoms with Gasteiger partial charge in [0.25, 0.3) is 5.69 Å². The molecule has 0 fully saturated rings. The van der Waals surface area contributed by atoms with Gasteiger partial charge in [0.05, 0.1) is 10.6 Å². The van der Waals surface area contributed by atoms with Crippen molar-refractivity contribution < 1.29 is 4.92 Å². The van der Waals surface area contributed by atoms with Crippen molar-refractivity contribution in [3.05, 3.63) is 40.6 Å². The Bertz CT molecular complexity index is 534. The molecule has 1 N–H and O–H groups in total. The van der Waals surface area contributed by atoms with Gasteiger partial charge in [-0.15, -0.1) is 0 Å². The number of nitrogens with one attached hydrogen (secondary N) is 1. The van der Waals surface area contributed by atoms with E-state index in [1.807, 2.05) is 6.07 Å². The molecule has 1 aromatic carbocycles. The van der Waals surface area contributed by atoms with Crippen molar-refractivity contribution >= 4 is 11.4 Å². The van der Waals surface area contributed by atoms with E-state index in [1.165, 1.54) is 0 Å². The molecule has 88 valence electrons. The van der Waals surface area contributed by atoms with Gasteiger partial charge < -0.3 is 4.90 Å². The van der Waals surface area contributed by atoms with Crippen LogP contribution in [0.2, 0.25) is 0 Å². The van der Waals surface area contributed by atoms with E-state index in [9.17, 15) is 10.1 Å². The zero-order valence-electron chi connectivity index (χ0n) is 9.54. The lowest BCUT2D eigenvalue weighted by Gasteiger charge is -2.13. The van der Waals surface area contributed by atoms with Crippen molar-refractivity contribution in [2.24, 2.45) is 0 Å². The zero-order chi connectivity index (χ0) is 12.4. The van der Waals surface area contributed by atoms with Crippen LogP contribution in [0.5, 0.6) is 0 Å². The highest BCUT2D eigenvalue weighted by molar-refractivity contribution is 5.72. The first kappa shape index (κ1) is 11.1. The third-order valence-corrected chi connectivity index (χ3v) is 2.47. The molecule has 0 bridgehead atoms. The Kier molecular flexibility index (Phi) is 2.78. The van der Waals surface area contributed by atoms with Crippen LogP contribution in [-0.4, -0.2) is 29.2 Å². The fourth-order valence-electron chi connectivity index (χ4n) is 1.63. The number of benzene rings is 1. The number of aromatic amines is 1. The first-order valence-corrected chi connectivity index (χ1v) is 5.05. The van der Waals surface area contributed by atoms with Gasteiger partial charge in [-0.1, -0.05) is 6.07 Å². The summed E-state index contributed by atoms with van der Waals surface area (Å²) in [5.74, 6) is 0. The minimum Gasteiger partial charge on any atom is -0.372 e. The van der Waals surface area contributed by atoms with E-state index in [4.69, 9.17) is 0 Å². The van der Waals surface area contributed by atoms with Crippen molar-refractivity contribution in [3.8, 4) is 11.3 Å². The Morgan fingerprint density at radius 1 is 1.35 bits per heavy atom. The molecule has 6 heteroatoms. The Balaban J connectivity index is 2.53. The highest BCUT2D eigenvalue weighted by Crippen LogP contribution is 2.31. The summed E-state index contributed by atoms with van der Waals surface area (Å²) in [6.45, 7) is 0. The number of rotatable bonds is 3. The maximum Gasteiger partial charge on any atom is 0.293 e. The molecular weight excluding hydrogens is 220 g/mol. The van der Waals surface area contributed by atoms with E-state index in [0.717, 1.165) is 11.3 Å². The molecule has 0 amide bonds. The highest BCUT2D eigenvalue weighted by Gasteiger charge is 2.16. The Labute approximate surface area is 98.0 Å². The van der Waals surface area contributed by atoms with Crippen molar-refractivity contribution in [2.45, 2.75) is 0 Å². The second-order valence-electron chi connectivity index (χ2n) is 3.83. The first-order valence-electron chi connectivity index (χ1n) is 5.05. The van der Waals surface area contributed by atoms with Crippen molar-refractivity contribution in [3.63, 3.8) is 0 Å². The van der Waals surface area contributed by atoms with Crippen molar-refractivity contribution in [2.75, 3.05) is 19.0 Å². The van der Waals surface area contributed by atoms with Crippen molar-refractivity contribution in [1.29, 1.82) is 0 Å². The van der Waals surface area contributed by atoms with Gasteiger partial charge in [-0.25, -0.2) is 0 Å². The summed E-state index contributed by atoms with van der Waals surface area (Å²) in [6, 6.07) is 6.88. The van der Waals surface area contributed by atoms with Crippen LogP contribution in [0.25, 0.3) is 11.3 Å². The van der Waals surface area contributed by atoms with E-state index >= 15 is 0 Å². The molecule has 2 aromatic rings. The lowest BCUT2D eigenvalue weighted by atomic mass is 10.1. The maximum absolute atomic E-state index is 11.0. The number of H-pyrrole nitrogens is 1. The number of hydrogen-bond donors (Lipinski definition) is 1. The number of nitro benzene ring substituents is 1. The molecule has 0 radical (unpaired) electrons. The third kappa shape index (κ3) is 2.10. The van der Waals surface area contributed by atoms with Crippen LogP contribution in [0.1, 0.15) is 0 Å². The molecule has 0 saturated heterocycles. The molecule has 1 heterocycles. The molecule has 6 nitrogen and oxygen atoms in total. The topological polar surface area (TPSA) is 75.1 Å². The lowest BCUT2D eigenvalue weighted by molar-refractivity contribution is -0.384. The number of aromatic nitrogens is 2. The van der Waals surface area contributed by atoms with Gasteiger partial charge >= 0.3 is 0 Å². The minimum atomic E-state index is -0.380. The fraction of sp³-hybridized carbons (Fsp3) is 0.182. The molecule has 1 aromatic heterocycles. The summed E-state index contributed by atoms with van der Waals surface area (Å²) >= 11 is 0. The molecule has 0 spiro atoms. The summed E-state index contributed by atoms with van der Waals surface area (Å²) in [5.41, 5.74) is 2.18. The Morgan fingerprint density at radius 2 is 2.12 bits per heavy atom. The van der Waals surface area contributed by atoms with Gasteiger partial charge in [-0.05, 0) is 12.1 Å². The predicted molar refractivity (Wildman–Crippen MR) is 65.0 cm³/mol. The SMILES string of the molecule is CN(C)c1ccc(-c2ccn[nH]2)cc1[N+](=O)[O-]. The maximum atomic E-state index is 11.0. The Hall–Kier alpha value is -2.37. The summed E-state index contributed by atoms with van der Waals surface area (Å²) < 4.78 is 0. The monoisotopic (exact) mass is 232 g/mol. The molecule has 0 aliphatic carbocycles. The molecule has 0 atom stereocenters.